The molecule has 0 aliphatic heterocycles. The normalized spacial score (nSPS) is 10.9. The summed E-state index contributed by atoms with van der Waals surface area (Å²) in [6.45, 7) is 0. The van der Waals surface area contributed by atoms with Crippen molar-refractivity contribution in [1.29, 1.82) is 0 Å². The van der Waals surface area contributed by atoms with Gasteiger partial charge in [0.05, 0.1) is 0 Å². The molecule has 2 aromatic rings. The van der Waals surface area contributed by atoms with Gasteiger partial charge in [0, 0.05) is 21.2 Å². The van der Waals surface area contributed by atoms with E-state index in [4.69, 9.17) is 11.1 Å². The zero-order valence-electron chi connectivity index (χ0n) is 13.6. The van der Waals surface area contributed by atoms with Gasteiger partial charge in [-0.1, -0.05) is 46.6 Å². The Morgan fingerprint density at radius 1 is 0.733 bits per heavy atom. The summed E-state index contributed by atoms with van der Waals surface area (Å²) in [5.41, 5.74) is 16.6. The number of nitrogens with zero attached hydrogens (tertiary/aromatic N) is 6. The van der Waals surface area contributed by atoms with Crippen molar-refractivity contribution >= 4 is 103 Å². The van der Waals surface area contributed by atoms with E-state index in [0.29, 0.717) is 0 Å². The first kappa shape index (κ1) is 28.6. The van der Waals surface area contributed by atoms with Gasteiger partial charge in [-0.2, -0.15) is 16.8 Å². The van der Waals surface area contributed by atoms with Gasteiger partial charge in [0.25, 0.3) is 20.2 Å². The summed E-state index contributed by atoms with van der Waals surface area (Å²) in [7, 11) is -9.38. The molecule has 2 rings (SSSR count). The SMILES string of the molecule is [N-]=[N+]=Nc1ccc(C=Cc2ccc(N=[N+]=[N-])cc2S(=O)(=O)O)c(S(=O)(=O)O)c1.[NaH].[NaH]. The molecule has 2 aromatic carbocycles. The molecule has 30 heavy (non-hydrogen) atoms. The summed E-state index contributed by atoms with van der Waals surface area (Å²) >= 11 is 0. The van der Waals surface area contributed by atoms with Crippen molar-refractivity contribution in [1.82, 2.24) is 0 Å². The molecule has 0 saturated carbocycles. The van der Waals surface area contributed by atoms with Crippen LogP contribution in [0.15, 0.2) is 56.4 Å². The first-order valence-electron chi connectivity index (χ1n) is 7.07. The van der Waals surface area contributed by atoms with Crippen LogP contribution in [-0.2, 0) is 20.2 Å². The average Bonchev–Trinajstić information content (AvgIpc) is 2.60. The van der Waals surface area contributed by atoms with E-state index in [0.717, 1.165) is 12.1 Å². The molecule has 0 radical (unpaired) electrons. The van der Waals surface area contributed by atoms with Crippen LogP contribution in [0.3, 0.4) is 0 Å². The third kappa shape index (κ3) is 7.71. The molecule has 0 unspecified atom stereocenters. The standard InChI is InChI=1S/C14H10N6O6S2.2Na.2H/c15-19-17-11-5-3-9(13(7-11)27(21,22)23)1-2-10-4-6-12(18-20-16)8-14(10)28(24,25)26;;;;/h1-8H,(H,21,22,23)(H,24,25,26);;;;. The third-order valence-electron chi connectivity index (χ3n) is 3.31. The van der Waals surface area contributed by atoms with Gasteiger partial charge >= 0.3 is 59.1 Å². The minimum atomic E-state index is -4.69. The molecular weight excluding hydrogens is 458 g/mol. The number of hydrogen-bond acceptors (Lipinski definition) is 6. The van der Waals surface area contributed by atoms with Crippen LogP contribution in [0.2, 0.25) is 0 Å². The molecule has 0 atom stereocenters. The number of benzene rings is 2. The molecule has 16 heteroatoms. The molecular formula is C14H12N6Na2O6S2. The summed E-state index contributed by atoms with van der Waals surface area (Å²) < 4.78 is 65.0. The van der Waals surface area contributed by atoms with Crippen LogP contribution in [0.4, 0.5) is 11.4 Å². The van der Waals surface area contributed by atoms with E-state index in [1.165, 1.54) is 36.4 Å². The second-order valence-electron chi connectivity index (χ2n) is 5.11. The molecule has 0 aromatic heterocycles. The molecule has 0 aliphatic rings. The predicted molar refractivity (Wildman–Crippen MR) is 113 cm³/mol. The van der Waals surface area contributed by atoms with Gasteiger partial charge in [-0.3, -0.25) is 9.11 Å². The minimum absolute atomic E-state index is 0. The van der Waals surface area contributed by atoms with Crippen LogP contribution in [0, 0.1) is 0 Å². The molecule has 0 heterocycles. The number of azide groups is 2. The first-order chi connectivity index (χ1) is 13.1. The molecule has 0 aliphatic carbocycles. The van der Waals surface area contributed by atoms with Gasteiger partial charge in [0.1, 0.15) is 9.79 Å². The van der Waals surface area contributed by atoms with Gasteiger partial charge in [-0.25, -0.2) is 0 Å². The maximum atomic E-state index is 11.6. The zero-order chi connectivity index (χ0) is 20.9. The summed E-state index contributed by atoms with van der Waals surface area (Å²) in [5.74, 6) is 0. The Morgan fingerprint density at radius 3 is 1.33 bits per heavy atom. The van der Waals surface area contributed by atoms with E-state index < -0.39 is 30.0 Å². The topological polar surface area (TPSA) is 206 Å². The van der Waals surface area contributed by atoms with Crippen molar-refractivity contribution in [3.05, 3.63) is 68.4 Å². The number of hydrogen-bond donors (Lipinski definition) is 2. The molecule has 0 bridgehead atoms. The van der Waals surface area contributed by atoms with Crippen molar-refractivity contribution in [3.63, 3.8) is 0 Å². The summed E-state index contributed by atoms with van der Waals surface area (Å²) in [6.07, 6.45) is 2.33. The molecule has 148 valence electrons. The summed E-state index contributed by atoms with van der Waals surface area (Å²) in [5, 5.41) is 6.49. The summed E-state index contributed by atoms with van der Waals surface area (Å²) in [6, 6.07) is 6.88. The fraction of sp³-hybridized carbons (Fsp3) is 0. The molecule has 2 N–H and O–H groups in total. The van der Waals surface area contributed by atoms with Crippen LogP contribution < -0.4 is 0 Å². The third-order valence-corrected chi connectivity index (χ3v) is 5.13. The summed E-state index contributed by atoms with van der Waals surface area (Å²) in [4.78, 5) is 3.88. The zero-order valence-corrected chi connectivity index (χ0v) is 15.3. The fourth-order valence-electron chi connectivity index (χ4n) is 2.18. The van der Waals surface area contributed by atoms with Crippen molar-refractivity contribution in [2.24, 2.45) is 10.2 Å². The predicted octanol–water partition coefficient (Wildman–Crippen LogP) is 2.94. The quantitative estimate of drug-likeness (QED) is 0.162. The Bertz CT molecular complexity index is 1180. The Hall–Kier alpha value is -1.38. The van der Waals surface area contributed by atoms with E-state index in [-0.39, 0.29) is 81.6 Å². The Kier molecular flexibility index (Phi) is 11.3. The van der Waals surface area contributed by atoms with Crippen LogP contribution in [0.25, 0.3) is 33.0 Å². The second kappa shape index (κ2) is 11.9. The molecule has 0 saturated heterocycles. The fourth-order valence-corrected chi connectivity index (χ4v) is 3.58. The van der Waals surface area contributed by atoms with Gasteiger partial charge in [-0.15, -0.1) is 0 Å². The van der Waals surface area contributed by atoms with Gasteiger partial charge in [0.15, 0.2) is 0 Å². The van der Waals surface area contributed by atoms with E-state index in [1.807, 2.05) is 0 Å². The first-order valence-corrected chi connectivity index (χ1v) is 9.95. The van der Waals surface area contributed by atoms with Crippen molar-refractivity contribution < 1.29 is 25.9 Å². The van der Waals surface area contributed by atoms with Gasteiger partial charge < -0.3 is 0 Å². The van der Waals surface area contributed by atoms with Crippen LogP contribution in [-0.4, -0.2) is 85.1 Å². The van der Waals surface area contributed by atoms with Crippen molar-refractivity contribution in [2.45, 2.75) is 9.79 Å². The van der Waals surface area contributed by atoms with E-state index >= 15 is 0 Å². The monoisotopic (exact) mass is 470 g/mol. The number of rotatable bonds is 6. The molecule has 0 fully saturated rings. The van der Waals surface area contributed by atoms with E-state index in [1.54, 1.807) is 0 Å². The average molecular weight is 470 g/mol. The van der Waals surface area contributed by atoms with Crippen LogP contribution in [0.1, 0.15) is 11.1 Å². The Morgan fingerprint density at radius 2 is 1.07 bits per heavy atom. The Labute approximate surface area is 215 Å². The molecule has 12 nitrogen and oxygen atoms in total. The molecule has 0 spiro atoms. The van der Waals surface area contributed by atoms with Gasteiger partial charge in [0.2, 0.25) is 0 Å². The van der Waals surface area contributed by atoms with E-state index in [2.05, 4.69) is 20.1 Å². The van der Waals surface area contributed by atoms with Crippen LogP contribution >= 0.6 is 0 Å². The second-order valence-corrected chi connectivity index (χ2v) is 7.89. The Balaban J connectivity index is 0.00000420. The molecule has 0 amide bonds. The van der Waals surface area contributed by atoms with Crippen molar-refractivity contribution in [3.8, 4) is 0 Å². The van der Waals surface area contributed by atoms with Gasteiger partial charge in [-0.05, 0) is 34.3 Å². The maximum absolute atomic E-state index is 11.6. The van der Waals surface area contributed by atoms with Crippen molar-refractivity contribution in [2.75, 3.05) is 0 Å². The van der Waals surface area contributed by atoms with E-state index in [9.17, 15) is 25.9 Å². The van der Waals surface area contributed by atoms with Crippen LogP contribution in [0.5, 0.6) is 0 Å².